The Morgan fingerprint density at radius 1 is 1.47 bits per heavy atom. The minimum atomic E-state index is 0.0958. The first-order valence-electron chi connectivity index (χ1n) is 5.62. The first-order valence-corrected chi connectivity index (χ1v) is 7.94. The van der Waals surface area contributed by atoms with Gasteiger partial charge < -0.3 is 5.32 Å². The van der Waals surface area contributed by atoms with Crippen LogP contribution in [0.25, 0.3) is 0 Å². The zero-order valence-electron chi connectivity index (χ0n) is 10.0. The van der Waals surface area contributed by atoms with E-state index in [0.29, 0.717) is 12.3 Å². The summed E-state index contributed by atoms with van der Waals surface area (Å²) in [4.78, 5) is 11.9. The van der Waals surface area contributed by atoms with Gasteiger partial charge in [-0.05, 0) is 23.6 Å². The molecule has 1 atom stereocenters. The molecule has 0 radical (unpaired) electrons. The van der Waals surface area contributed by atoms with Crippen LogP contribution in [0.5, 0.6) is 0 Å². The van der Waals surface area contributed by atoms with Gasteiger partial charge in [-0.25, -0.2) is 0 Å². The summed E-state index contributed by atoms with van der Waals surface area (Å²) in [6, 6.07) is 8.12. The van der Waals surface area contributed by atoms with E-state index in [4.69, 9.17) is 0 Å². The van der Waals surface area contributed by atoms with Crippen molar-refractivity contribution in [3.63, 3.8) is 0 Å². The maximum Gasteiger partial charge on any atom is 0.224 e. The summed E-state index contributed by atoms with van der Waals surface area (Å²) in [7, 11) is 0. The van der Waals surface area contributed by atoms with Gasteiger partial charge in [0.05, 0.1) is 6.42 Å². The number of benzene rings is 1. The van der Waals surface area contributed by atoms with Gasteiger partial charge in [0, 0.05) is 14.9 Å². The standard InChI is InChI=1S/C13H17BrINO/c1-9(2)12(8-15)16-13(17)7-10-4-3-5-11(14)6-10/h3-6,9,12H,7-8H2,1-2H3,(H,16,17). The molecular formula is C13H17BrINO. The van der Waals surface area contributed by atoms with Gasteiger partial charge in [0.2, 0.25) is 5.91 Å². The molecule has 1 aromatic carbocycles. The molecule has 94 valence electrons. The highest BCUT2D eigenvalue weighted by Gasteiger charge is 2.14. The van der Waals surface area contributed by atoms with E-state index in [2.05, 4.69) is 57.7 Å². The fourth-order valence-electron chi connectivity index (χ4n) is 1.47. The van der Waals surface area contributed by atoms with Crippen LogP contribution < -0.4 is 5.32 Å². The van der Waals surface area contributed by atoms with Crippen molar-refractivity contribution in [3.8, 4) is 0 Å². The predicted molar refractivity (Wildman–Crippen MR) is 83.5 cm³/mol. The van der Waals surface area contributed by atoms with Crippen molar-refractivity contribution < 1.29 is 4.79 Å². The second kappa shape index (κ2) is 7.36. The van der Waals surface area contributed by atoms with Crippen molar-refractivity contribution in [1.29, 1.82) is 0 Å². The van der Waals surface area contributed by atoms with Crippen molar-refractivity contribution in [1.82, 2.24) is 5.32 Å². The van der Waals surface area contributed by atoms with Crippen LogP contribution in [0, 0.1) is 5.92 Å². The van der Waals surface area contributed by atoms with Crippen LogP contribution in [0.1, 0.15) is 19.4 Å². The van der Waals surface area contributed by atoms with Gasteiger partial charge in [0.15, 0.2) is 0 Å². The van der Waals surface area contributed by atoms with Gasteiger partial charge in [-0.15, -0.1) is 0 Å². The van der Waals surface area contributed by atoms with E-state index in [1.165, 1.54) is 0 Å². The number of amides is 1. The van der Waals surface area contributed by atoms with Crippen molar-refractivity contribution in [2.24, 2.45) is 5.92 Å². The highest BCUT2D eigenvalue weighted by atomic mass is 127. The maximum atomic E-state index is 11.9. The number of carbonyl (C=O) groups excluding carboxylic acids is 1. The molecule has 1 unspecified atom stereocenters. The van der Waals surface area contributed by atoms with Crippen LogP contribution in [-0.2, 0) is 11.2 Å². The fourth-order valence-corrected chi connectivity index (χ4v) is 3.16. The van der Waals surface area contributed by atoms with E-state index in [1.807, 2.05) is 24.3 Å². The van der Waals surface area contributed by atoms with Gasteiger partial charge in [-0.1, -0.05) is 64.5 Å². The fraction of sp³-hybridized carbons (Fsp3) is 0.462. The highest BCUT2D eigenvalue weighted by Crippen LogP contribution is 2.12. The summed E-state index contributed by atoms with van der Waals surface area (Å²) >= 11 is 5.72. The SMILES string of the molecule is CC(C)C(CI)NC(=O)Cc1cccc(Br)c1. The number of rotatable bonds is 5. The van der Waals surface area contributed by atoms with Crippen molar-refractivity contribution in [2.75, 3.05) is 4.43 Å². The molecular weight excluding hydrogens is 393 g/mol. The number of hydrogen-bond acceptors (Lipinski definition) is 1. The monoisotopic (exact) mass is 409 g/mol. The van der Waals surface area contributed by atoms with Gasteiger partial charge in [-0.2, -0.15) is 0 Å². The van der Waals surface area contributed by atoms with Crippen molar-refractivity contribution >= 4 is 44.4 Å². The molecule has 0 aliphatic carbocycles. The van der Waals surface area contributed by atoms with Crippen LogP contribution >= 0.6 is 38.5 Å². The molecule has 1 rings (SSSR count). The molecule has 0 saturated heterocycles. The molecule has 0 aliphatic heterocycles. The molecule has 4 heteroatoms. The van der Waals surface area contributed by atoms with E-state index in [1.54, 1.807) is 0 Å². The Morgan fingerprint density at radius 3 is 2.71 bits per heavy atom. The molecule has 17 heavy (non-hydrogen) atoms. The third-order valence-corrected chi connectivity index (χ3v) is 4.01. The number of halogens is 2. The molecule has 0 spiro atoms. The predicted octanol–water partition coefficient (Wildman–Crippen LogP) is 3.57. The lowest BCUT2D eigenvalue weighted by molar-refractivity contribution is -0.121. The van der Waals surface area contributed by atoms with E-state index >= 15 is 0 Å². The first kappa shape index (κ1) is 15.0. The zero-order valence-corrected chi connectivity index (χ0v) is 13.8. The second-order valence-corrected chi connectivity index (χ2v) is 6.18. The molecule has 0 aliphatic rings. The third-order valence-electron chi connectivity index (χ3n) is 2.57. The van der Waals surface area contributed by atoms with Crippen molar-refractivity contribution in [3.05, 3.63) is 34.3 Å². The molecule has 0 heterocycles. The maximum absolute atomic E-state index is 11.9. The van der Waals surface area contributed by atoms with E-state index < -0.39 is 0 Å². The molecule has 0 bridgehead atoms. The molecule has 0 fully saturated rings. The molecule has 1 aromatic rings. The molecule has 0 aromatic heterocycles. The molecule has 1 N–H and O–H groups in total. The van der Waals surface area contributed by atoms with E-state index in [9.17, 15) is 4.79 Å². The van der Waals surface area contributed by atoms with Crippen molar-refractivity contribution in [2.45, 2.75) is 26.3 Å². The van der Waals surface area contributed by atoms with Crippen LogP contribution in [0.2, 0.25) is 0 Å². The Hall–Kier alpha value is -0.100. The Balaban J connectivity index is 2.55. The Kier molecular flexibility index (Phi) is 6.48. The molecule has 2 nitrogen and oxygen atoms in total. The Morgan fingerprint density at radius 2 is 2.18 bits per heavy atom. The second-order valence-electron chi connectivity index (χ2n) is 4.38. The summed E-state index contributed by atoms with van der Waals surface area (Å²) in [5.74, 6) is 0.567. The lowest BCUT2D eigenvalue weighted by Crippen LogP contribution is -2.40. The third kappa shape index (κ3) is 5.38. The minimum Gasteiger partial charge on any atom is -0.352 e. The van der Waals surface area contributed by atoms with Gasteiger partial charge in [0.1, 0.15) is 0 Å². The topological polar surface area (TPSA) is 29.1 Å². The average molecular weight is 410 g/mol. The van der Waals surface area contributed by atoms with Crippen LogP contribution in [-0.4, -0.2) is 16.4 Å². The smallest absolute Gasteiger partial charge is 0.224 e. The van der Waals surface area contributed by atoms with Crippen LogP contribution in [0.4, 0.5) is 0 Å². The summed E-state index contributed by atoms with van der Waals surface area (Å²) in [5.41, 5.74) is 1.04. The first-order chi connectivity index (χ1) is 8.02. The normalized spacial score (nSPS) is 12.5. The highest BCUT2D eigenvalue weighted by molar-refractivity contribution is 14.1. The summed E-state index contributed by atoms with van der Waals surface area (Å²) in [5, 5.41) is 3.07. The average Bonchev–Trinajstić information content (AvgIpc) is 2.25. The quantitative estimate of drug-likeness (QED) is 0.584. The Bertz CT molecular complexity index is 381. The number of nitrogens with one attached hydrogen (secondary N) is 1. The number of alkyl halides is 1. The summed E-state index contributed by atoms with van der Waals surface area (Å²) < 4.78 is 1.96. The Labute approximate surface area is 125 Å². The minimum absolute atomic E-state index is 0.0958. The van der Waals surface area contributed by atoms with Crippen LogP contribution in [0.3, 0.4) is 0 Å². The summed E-state index contributed by atoms with van der Waals surface area (Å²) in [6.45, 7) is 4.26. The van der Waals surface area contributed by atoms with Gasteiger partial charge in [0.25, 0.3) is 0 Å². The van der Waals surface area contributed by atoms with Gasteiger partial charge >= 0.3 is 0 Å². The number of hydrogen-bond donors (Lipinski definition) is 1. The van der Waals surface area contributed by atoms with E-state index in [0.717, 1.165) is 14.5 Å². The van der Waals surface area contributed by atoms with E-state index in [-0.39, 0.29) is 11.9 Å². The lowest BCUT2D eigenvalue weighted by atomic mass is 10.1. The lowest BCUT2D eigenvalue weighted by Gasteiger charge is -2.19. The zero-order chi connectivity index (χ0) is 12.8. The number of carbonyl (C=O) groups is 1. The van der Waals surface area contributed by atoms with Gasteiger partial charge in [-0.3, -0.25) is 4.79 Å². The largest absolute Gasteiger partial charge is 0.352 e. The molecule has 0 saturated carbocycles. The summed E-state index contributed by atoms with van der Waals surface area (Å²) in [6.07, 6.45) is 0.444. The van der Waals surface area contributed by atoms with Crippen LogP contribution in [0.15, 0.2) is 28.7 Å². The molecule has 1 amide bonds.